The summed E-state index contributed by atoms with van der Waals surface area (Å²) in [5.41, 5.74) is -0.662. The molecule has 0 aromatic heterocycles. The molecule has 1 aliphatic rings. The minimum atomic E-state index is -1.33. The van der Waals surface area contributed by atoms with E-state index >= 15 is 0 Å². The van der Waals surface area contributed by atoms with Gasteiger partial charge in [0.2, 0.25) is 0 Å². The number of nitrogens with zero attached hydrogens (tertiary/aromatic N) is 2. The number of Topliss-reactive ketones (excluding diaryl/α,β-unsaturated/α-hetero) is 1. The van der Waals surface area contributed by atoms with Crippen LogP contribution < -0.4 is 0 Å². The van der Waals surface area contributed by atoms with E-state index in [2.05, 4.69) is 0 Å². The Hall–Kier alpha value is -3.88. The van der Waals surface area contributed by atoms with Gasteiger partial charge in [-0.3, -0.25) is 29.4 Å². The number of hydrogen-bond donors (Lipinski definition) is 0. The number of fused-ring (bicyclic) bond motifs is 1. The molecule has 30 heavy (non-hydrogen) atoms. The number of ether oxygens (including phenoxy) is 1. The quantitative estimate of drug-likeness (QED) is 0.226. The van der Waals surface area contributed by atoms with Crippen LogP contribution in [0, 0.1) is 16.0 Å². The first kappa shape index (κ1) is 20.8. The molecule has 2 aromatic carbocycles. The zero-order valence-electron chi connectivity index (χ0n) is 16.2. The van der Waals surface area contributed by atoms with E-state index in [1.807, 2.05) is 0 Å². The fourth-order valence-corrected chi connectivity index (χ4v) is 3.30. The second-order valence-electron chi connectivity index (χ2n) is 7.02. The maximum Gasteiger partial charge on any atom is 0.330 e. The molecule has 0 bridgehead atoms. The third-order valence-corrected chi connectivity index (χ3v) is 4.71. The van der Waals surface area contributed by atoms with Crippen molar-refractivity contribution in [2.24, 2.45) is 5.92 Å². The molecule has 154 valence electrons. The van der Waals surface area contributed by atoms with E-state index in [0.29, 0.717) is 10.5 Å². The molecule has 2 aromatic rings. The zero-order valence-corrected chi connectivity index (χ0v) is 16.2. The van der Waals surface area contributed by atoms with Crippen LogP contribution in [0.1, 0.15) is 44.9 Å². The van der Waals surface area contributed by atoms with Crippen LogP contribution >= 0.6 is 0 Å². The van der Waals surface area contributed by atoms with Crippen molar-refractivity contribution < 1.29 is 28.8 Å². The van der Waals surface area contributed by atoms with Gasteiger partial charge in [0.1, 0.15) is 11.6 Å². The van der Waals surface area contributed by atoms with E-state index < -0.39 is 52.7 Å². The van der Waals surface area contributed by atoms with E-state index in [9.17, 15) is 29.3 Å². The first-order valence-corrected chi connectivity index (χ1v) is 9.14. The molecule has 1 aliphatic heterocycles. The van der Waals surface area contributed by atoms with Crippen LogP contribution in [-0.4, -0.2) is 46.0 Å². The van der Waals surface area contributed by atoms with E-state index in [0.717, 1.165) is 6.07 Å². The van der Waals surface area contributed by atoms with Gasteiger partial charge < -0.3 is 4.74 Å². The standard InChI is InChI=1S/C21H18N2O7/c1-12(2)18(21(27)30-11-16(24)13-7-4-3-5-8-13)22-19(25)14-9-6-10-15(23(28)29)17(14)20(22)26/h3-10,12,18H,11H2,1-2H3/t18-/m1/s1. The average Bonchev–Trinajstić information content (AvgIpc) is 2.97. The number of ketones is 1. The Kier molecular flexibility index (Phi) is 5.72. The molecule has 9 nitrogen and oxygen atoms in total. The fourth-order valence-electron chi connectivity index (χ4n) is 3.30. The van der Waals surface area contributed by atoms with Gasteiger partial charge in [0.25, 0.3) is 17.5 Å². The van der Waals surface area contributed by atoms with Crippen molar-refractivity contribution in [3.8, 4) is 0 Å². The highest BCUT2D eigenvalue weighted by molar-refractivity contribution is 6.24. The van der Waals surface area contributed by atoms with E-state index in [1.54, 1.807) is 44.2 Å². The third kappa shape index (κ3) is 3.69. The van der Waals surface area contributed by atoms with Crippen molar-refractivity contribution in [3.63, 3.8) is 0 Å². The lowest BCUT2D eigenvalue weighted by Gasteiger charge is -2.27. The van der Waals surface area contributed by atoms with Crippen molar-refractivity contribution in [1.82, 2.24) is 4.90 Å². The van der Waals surface area contributed by atoms with Gasteiger partial charge in [0.15, 0.2) is 12.4 Å². The summed E-state index contributed by atoms with van der Waals surface area (Å²) in [4.78, 5) is 61.8. The summed E-state index contributed by atoms with van der Waals surface area (Å²) in [5.74, 6) is -3.68. The molecule has 2 amide bonds. The minimum absolute atomic E-state index is 0.145. The molecule has 0 fully saturated rings. The Labute approximate surface area is 171 Å². The largest absolute Gasteiger partial charge is 0.456 e. The second-order valence-corrected chi connectivity index (χ2v) is 7.02. The molecule has 0 N–H and O–H groups in total. The zero-order chi connectivity index (χ0) is 22.0. The summed E-state index contributed by atoms with van der Waals surface area (Å²) in [6.45, 7) is 2.64. The van der Waals surface area contributed by atoms with Crippen LogP contribution in [0.25, 0.3) is 0 Å². The molecule has 9 heteroatoms. The predicted octanol–water partition coefficient (Wildman–Crippen LogP) is 2.64. The summed E-state index contributed by atoms with van der Waals surface area (Å²) < 4.78 is 5.10. The Morgan fingerprint density at radius 1 is 1.03 bits per heavy atom. The highest BCUT2D eigenvalue weighted by atomic mass is 16.6. The summed E-state index contributed by atoms with van der Waals surface area (Å²) in [6.07, 6.45) is 0. The van der Waals surface area contributed by atoms with Crippen LogP contribution in [0.15, 0.2) is 48.5 Å². The number of carbonyl (C=O) groups excluding carboxylic acids is 4. The number of nitro groups is 1. The summed E-state index contributed by atoms with van der Waals surface area (Å²) >= 11 is 0. The number of carbonyl (C=O) groups is 4. The molecule has 0 saturated heterocycles. The van der Waals surface area contributed by atoms with Gasteiger partial charge in [-0.1, -0.05) is 50.2 Å². The Morgan fingerprint density at radius 3 is 2.30 bits per heavy atom. The van der Waals surface area contributed by atoms with Crippen molar-refractivity contribution in [3.05, 3.63) is 75.3 Å². The van der Waals surface area contributed by atoms with Crippen molar-refractivity contribution in [1.29, 1.82) is 0 Å². The number of benzene rings is 2. The first-order chi connectivity index (χ1) is 14.2. The SMILES string of the molecule is CC(C)[C@H](C(=O)OCC(=O)c1ccccc1)N1C(=O)c2cccc([N+](=O)[O-])c2C1=O. The minimum Gasteiger partial charge on any atom is -0.456 e. The van der Waals surface area contributed by atoms with Gasteiger partial charge in [-0.15, -0.1) is 0 Å². The topological polar surface area (TPSA) is 124 Å². The lowest BCUT2D eigenvalue weighted by atomic mass is 10.0. The number of nitro benzene ring substituents is 1. The van der Waals surface area contributed by atoms with Crippen LogP contribution in [0.3, 0.4) is 0 Å². The molecule has 0 radical (unpaired) electrons. The molecule has 0 spiro atoms. The molecular weight excluding hydrogens is 392 g/mol. The second kappa shape index (κ2) is 8.24. The average molecular weight is 410 g/mol. The first-order valence-electron chi connectivity index (χ1n) is 9.14. The number of amides is 2. The Bertz CT molecular complexity index is 1050. The summed E-state index contributed by atoms with van der Waals surface area (Å²) in [6, 6.07) is 10.6. The Balaban J connectivity index is 1.84. The molecule has 0 aliphatic carbocycles. The predicted molar refractivity (Wildman–Crippen MR) is 104 cm³/mol. The van der Waals surface area contributed by atoms with E-state index in [-0.39, 0.29) is 11.1 Å². The van der Waals surface area contributed by atoms with Crippen molar-refractivity contribution >= 4 is 29.3 Å². The third-order valence-electron chi connectivity index (χ3n) is 4.71. The Morgan fingerprint density at radius 2 is 1.70 bits per heavy atom. The molecule has 0 saturated carbocycles. The highest BCUT2D eigenvalue weighted by Gasteiger charge is 2.47. The fraction of sp³-hybridized carbons (Fsp3) is 0.238. The molecule has 3 rings (SSSR count). The lowest BCUT2D eigenvalue weighted by Crippen LogP contribution is -2.49. The maximum absolute atomic E-state index is 12.9. The number of rotatable bonds is 7. The molecule has 1 atom stereocenters. The van der Waals surface area contributed by atoms with Crippen LogP contribution in [0.4, 0.5) is 5.69 Å². The van der Waals surface area contributed by atoms with Crippen molar-refractivity contribution in [2.45, 2.75) is 19.9 Å². The number of esters is 1. The monoisotopic (exact) mass is 410 g/mol. The van der Waals surface area contributed by atoms with Gasteiger partial charge in [0, 0.05) is 11.6 Å². The molecule has 1 heterocycles. The highest BCUT2D eigenvalue weighted by Crippen LogP contribution is 2.33. The summed E-state index contributed by atoms with van der Waals surface area (Å²) in [7, 11) is 0. The van der Waals surface area contributed by atoms with Gasteiger partial charge in [-0.05, 0) is 12.0 Å². The van der Waals surface area contributed by atoms with Crippen LogP contribution in [-0.2, 0) is 9.53 Å². The molecular formula is C21H18N2O7. The smallest absolute Gasteiger partial charge is 0.330 e. The number of imide groups is 1. The van der Waals surface area contributed by atoms with Gasteiger partial charge in [-0.2, -0.15) is 0 Å². The van der Waals surface area contributed by atoms with Crippen LogP contribution in [0.2, 0.25) is 0 Å². The number of hydrogen-bond acceptors (Lipinski definition) is 7. The van der Waals surface area contributed by atoms with Gasteiger partial charge >= 0.3 is 5.97 Å². The van der Waals surface area contributed by atoms with Crippen molar-refractivity contribution in [2.75, 3.05) is 6.61 Å². The lowest BCUT2D eigenvalue weighted by molar-refractivity contribution is -0.385. The van der Waals surface area contributed by atoms with E-state index in [4.69, 9.17) is 4.74 Å². The van der Waals surface area contributed by atoms with Crippen LogP contribution in [0.5, 0.6) is 0 Å². The van der Waals surface area contributed by atoms with Gasteiger partial charge in [0.05, 0.1) is 10.5 Å². The normalized spacial score (nSPS) is 13.9. The van der Waals surface area contributed by atoms with Gasteiger partial charge in [-0.25, -0.2) is 4.79 Å². The van der Waals surface area contributed by atoms with E-state index in [1.165, 1.54) is 12.1 Å². The summed E-state index contributed by atoms with van der Waals surface area (Å²) in [5, 5.41) is 11.3. The maximum atomic E-state index is 12.9. The molecule has 0 unspecified atom stereocenters.